The molecule has 5 nitrogen and oxygen atoms in total. The van der Waals surface area contributed by atoms with Gasteiger partial charge in [-0.1, -0.05) is 47.5 Å². The number of hydrogen-bond donors (Lipinski definition) is 0. The molecule has 2 amide bonds. The standard InChI is InChI=1S/C25H28ClN3O2/c1-18-4-2-5-19(14-18)25(16-22-8-9-23(30)29(22)17-25)24(31)28-12-10-27(11-13-28)21-7-3-6-20(26)15-21/h2-7,14-15,22H,8-13,16-17H2,1H3/t22-,25-/m0/s1. The molecule has 0 radical (unpaired) electrons. The summed E-state index contributed by atoms with van der Waals surface area (Å²) in [7, 11) is 0. The first-order chi connectivity index (χ1) is 15.0. The van der Waals surface area contributed by atoms with Gasteiger partial charge in [-0.2, -0.15) is 0 Å². The maximum absolute atomic E-state index is 14.0. The number of amides is 2. The molecule has 5 rings (SSSR count). The summed E-state index contributed by atoms with van der Waals surface area (Å²) in [6, 6.07) is 16.4. The predicted molar refractivity (Wildman–Crippen MR) is 122 cm³/mol. The van der Waals surface area contributed by atoms with Gasteiger partial charge in [0, 0.05) is 55.9 Å². The van der Waals surface area contributed by atoms with E-state index in [-0.39, 0.29) is 17.9 Å². The molecule has 0 spiro atoms. The summed E-state index contributed by atoms with van der Waals surface area (Å²) < 4.78 is 0. The summed E-state index contributed by atoms with van der Waals surface area (Å²) >= 11 is 6.16. The van der Waals surface area contributed by atoms with Crippen LogP contribution < -0.4 is 4.90 Å². The first-order valence-corrected chi connectivity index (χ1v) is 11.5. The first kappa shape index (κ1) is 20.4. The van der Waals surface area contributed by atoms with E-state index in [4.69, 9.17) is 11.6 Å². The summed E-state index contributed by atoms with van der Waals surface area (Å²) in [5.41, 5.74) is 2.66. The third-order valence-corrected chi connectivity index (χ3v) is 7.43. The van der Waals surface area contributed by atoms with Crippen molar-refractivity contribution in [2.24, 2.45) is 0 Å². The van der Waals surface area contributed by atoms with E-state index in [1.807, 2.05) is 34.1 Å². The number of piperazine rings is 1. The molecule has 31 heavy (non-hydrogen) atoms. The van der Waals surface area contributed by atoms with Crippen LogP contribution in [0, 0.1) is 6.92 Å². The van der Waals surface area contributed by atoms with Crippen molar-refractivity contribution in [2.45, 2.75) is 37.6 Å². The van der Waals surface area contributed by atoms with Gasteiger partial charge >= 0.3 is 0 Å². The van der Waals surface area contributed by atoms with E-state index in [1.165, 1.54) is 0 Å². The minimum Gasteiger partial charge on any atom is -0.368 e. The van der Waals surface area contributed by atoms with Crippen molar-refractivity contribution in [3.05, 3.63) is 64.7 Å². The number of halogens is 1. The summed E-state index contributed by atoms with van der Waals surface area (Å²) in [5.74, 6) is 0.365. The Labute approximate surface area is 188 Å². The molecular weight excluding hydrogens is 410 g/mol. The lowest BCUT2D eigenvalue weighted by molar-refractivity contribution is -0.138. The highest BCUT2D eigenvalue weighted by Crippen LogP contribution is 2.44. The molecular formula is C25H28ClN3O2. The monoisotopic (exact) mass is 437 g/mol. The maximum Gasteiger partial charge on any atom is 0.235 e. The zero-order valence-corrected chi connectivity index (χ0v) is 18.6. The van der Waals surface area contributed by atoms with Gasteiger partial charge in [-0.3, -0.25) is 9.59 Å². The SMILES string of the molecule is Cc1cccc([C@]2(C(=O)N3CCN(c4cccc(Cl)c4)CC3)C[C@@H]3CCC(=O)N3C2)c1. The van der Waals surface area contributed by atoms with E-state index in [0.29, 0.717) is 26.1 Å². The lowest BCUT2D eigenvalue weighted by Gasteiger charge is -2.41. The number of fused-ring (bicyclic) bond motifs is 1. The van der Waals surface area contributed by atoms with Crippen LogP contribution in [0.5, 0.6) is 0 Å². The summed E-state index contributed by atoms with van der Waals surface area (Å²) in [6.45, 7) is 5.49. The first-order valence-electron chi connectivity index (χ1n) is 11.1. The normalized spacial score (nSPS) is 25.8. The van der Waals surface area contributed by atoms with Crippen molar-refractivity contribution in [3.8, 4) is 0 Å². The summed E-state index contributed by atoms with van der Waals surface area (Å²) in [4.78, 5) is 32.7. The van der Waals surface area contributed by atoms with Gasteiger partial charge in [0.15, 0.2) is 0 Å². The molecule has 3 saturated heterocycles. The highest BCUT2D eigenvalue weighted by molar-refractivity contribution is 6.30. The van der Waals surface area contributed by atoms with Crippen LogP contribution in [0.1, 0.15) is 30.4 Å². The average Bonchev–Trinajstić information content (AvgIpc) is 3.33. The van der Waals surface area contributed by atoms with Gasteiger partial charge in [0.1, 0.15) is 0 Å². The summed E-state index contributed by atoms with van der Waals surface area (Å²) in [5, 5.41) is 0.727. The van der Waals surface area contributed by atoms with Crippen LogP contribution in [-0.2, 0) is 15.0 Å². The minimum absolute atomic E-state index is 0.172. The highest BCUT2D eigenvalue weighted by Gasteiger charge is 2.55. The average molecular weight is 438 g/mol. The van der Waals surface area contributed by atoms with Crippen molar-refractivity contribution >= 4 is 29.1 Å². The molecule has 6 heteroatoms. The Kier molecular flexibility index (Phi) is 5.17. The number of anilines is 1. The third kappa shape index (κ3) is 3.59. The van der Waals surface area contributed by atoms with Crippen molar-refractivity contribution < 1.29 is 9.59 Å². The van der Waals surface area contributed by atoms with Crippen LogP contribution in [0.25, 0.3) is 0 Å². The number of carbonyl (C=O) groups excluding carboxylic acids is 2. The van der Waals surface area contributed by atoms with Crippen molar-refractivity contribution in [2.75, 3.05) is 37.6 Å². The van der Waals surface area contributed by atoms with Crippen molar-refractivity contribution in [1.82, 2.24) is 9.80 Å². The molecule has 0 bridgehead atoms. The lowest BCUT2D eigenvalue weighted by Crippen LogP contribution is -2.55. The Bertz CT molecular complexity index is 1020. The molecule has 3 aliphatic heterocycles. The van der Waals surface area contributed by atoms with Gasteiger partial charge in [0.05, 0.1) is 5.41 Å². The Morgan fingerprint density at radius 3 is 2.55 bits per heavy atom. The second kappa shape index (κ2) is 7.86. The Hall–Kier alpha value is -2.53. The van der Waals surface area contributed by atoms with Crippen LogP contribution >= 0.6 is 11.6 Å². The number of carbonyl (C=O) groups is 2. The smallest absolute Gasteiger partial charge is 0.235 e. The molecule has 3 heterocycles. The van der Waals surface area contributed by atoms with Crippen molar-refractivity contribution in [1.29, 1.82) is 0 Å². The van der Waals surface area contributed by atoms with Crippen molar-refractivity contribution in [3.63, 3.8) is 0 Å². The fraction of sp³-hybridized carbons (Fsp3) is 0.440. The van der Waals surface area contributed by atoms with E-state index in [1.54, 1.807) is 0 Å². The zero-order valence-electron chi connectivity index (χ0n) is 17.9. The second-order valence-electron chi connectivity index (χ2n) is 9.13. The number of benzene rings is 2. The van der Waals surface area contributed by atoms with Crippen LogP contribution in [-0.4, -0.2) is 60.4 Å². The molecule has 3 fully saturated rings. The molecule has 0 unspecified atom stereocenters. The fourth-order valence-electron chi connectivity index (χ4n) is 5.55. The van der Waals surface area contributed by atoms with Crippen LogP contribution in [0.3, 0.4) is 0 Å². The van der Waals surface area contributed by atoms with Gasteiger partial charge in [-0.25, -0.2) is 0 Å². The number of rotatable bonds is 3. The highest BCUT2D eigenvalue weighted by atomic mass is 35.5. The molecule has 0 saturated carbocycles. The third-order valence-electron chi connectivity index (χ3n) is 7.20. The molecule has 0 aliphatic carbocycles. The molecule has 2 aromatic rings. The molecule has 2 atom stereocenters. The molecule has 0 N–H and O–H groups in total. The quantitative estimate of drug-likeness (QED) is 0.736. The van der Waals surface area contributed by atoms with Gasteiger partial charge in [-0.05, 0) is 43.5 Å². The Balaban J connectivity index is 1.39. The Morgan fingerprint density at radius 2 is 1.84 bits per heavy atom. The van der Waals surface area contributed by atoms with Crippen LogP contribution in [0.2, 0.25) is 5.02 Å². The van der Waals surface area contributed by atoms with E-state index in [0.717, 1.165) is 47.8 Å². The topological polar surface area (TPSA) is 43.9 Å². The largest absolute Gasteiger partial charge is 0.368 e. The maximum atomic E-state index is 14.0. The van der Waals surface area contributed by atoms with Gasteiger partial charge in [-0.15, -0.1) is 0 Å². The van der Waals surface area contributed by atoms with Crippen LogP contribution in [0.15, 0.2) is 48.5 Å². The van der Waals surface area contributed by atoms with Gasteiger partial charge in [0.25, 0.3) is 0 Å². The molecule has 162 valence electrons. The fourth-order valence-corrected chi connectivity index (χ4v) is 5.74. The molecule has 0 aromatic heterocycles. The number of hydrogen-bond acceptors (Lipinski definition) is 3. The second-order valence-corrected chi connectivity index (χ2v) is 9.57. The predicted octanol–water partition coefficient (Wildman–Crippen LogP) is 3.63. The number of nitrogens with zero attached hydrogens (tertiary/aromatic N) is 3. The van der Waals surface area contributed by atoms with E-state index in [2.05, 4.69) is 36.1 Å². The van der Waals surface area contributed by atoms with E-state index < -0.39 is 5.41 Å². The number of aryl methyl sites for hydroxylation is 1. The zero-order chi connectivity index (χ0) is 21.6. The molecule has 2 aromatic carbocycles. The van der Waals surface area contributed by atoms with Gasteiger partial charge in [0.2, 0.25) is 11.8 Å². The van der Waals surface area contributed by atoms with E-state index >= 15 is 0 Å². The van der Waals surface area contributed by atoms with Gasteiger partial charge < -0.3 is 14.7 Å². The minimum atomic E-state index is -0.634. The molecule has 3 aliphatic rings. The van der Waals surface area contributed by atoms with Crippen LogP contribution in [0.4, 0.5) is 5.69 Å². The van der Waals surface area contributed by atoms with E-state index in [9.17, 15) is 9.59 Å². The Morgan fingerprint density at radius 1 is 1.06 bits per heavy atom. The summed E-state index contributed by atoms with van der Waals surface area (Å²) in [6.07, 6.45) is 2.21. The lowest BCUT2D eigenvalue weighted by atomic mass is 9.76.